The molecule has 2 heterocycles. The van der Waals surface area contributed by atoms with Crippen molar-refractivity contribution in [2.45, 2.75) is 55.6 Å². The monoisotopic (exact) mass is 450 g/mol. The largest absolute Gasteiger partial charge is 0.457 e. The Morgan fingerprint density at radius 2 is 1.57 bits per heavy atom. The lowest BCUT2D eigenvalue weighted by molar-refractivity contribution is 0.221. The summed E-state index contributed by atoms with van der Waals surface area (Å²) in [7, 11) is -6.97. The molecule has 2 atom stereocenters. The van der Waals surface area contributed by atoms with Crippen molar-refractivity contribution >= 4 is 20.0 Å². The first-order chi connectivity index (χ1) is 14.1. The molecule has 0 saturated carbocycles. The fourth-order valence-corrected chi connectivity index (χ4v) is 7.29. The van der Waals surface area contributed by atoms with Crippen LogP contribution in [0.5, 0.6) is 11.5 Å². The van der Waals surface area contributed by atoms with Gasteiger partial charge >= 0.3 is 0 Å². The van der Waals surface area contributed by atoms with Crippen molar-refractivity contribution in [3.63, 3.8) is 0 Å². The predicted octanol–water partition coefficient (Wildman–Crippen LogP) is 3.02. The van der Waals surface area contributed by atoms with Crippen LogP contribution in [-0.2, 0) is 20.0 Å². The highest BCUT2D eigenvalue weighted by molar-refractivity contribution is 7.89. The predicted molar refractivity (Wildman–Crippen MR) is 115 cm³/mol. The van der Waals surface area contributed by atoms with Crippen molar-refractivity contribution in [1.29, 1.82) is 0 Å². The number of nitrogens with one attached hydrogen (secondary N) is 1. The standard InChI is InChI=1S/C21H26N2O5S2/c1-15-4-3-5-20(12-15)28-19-8-10-21(11-9-19)30(26,27)22-16-13-17-6-7-18(14-16)23(17)29(2,24)25/h3-5,8-12,16-18,22H,6-7,13-14H2,1-2H3. The minimum Gasteiger partial charge on any atom is -0.457 e. The molecule has 0 amide bonds. The number of piperidine rings is 1. The van der Waals surface area contributed by atoms with Gasteiger partial charge in [0, 0.05) is 18.1 Å². The maximum atomic E-state index is 12.8. The average Bonchev–Trinajstić information content (AvgIpc) is 2.94. The number of aryl methyl sites for hydroxylation is 1. The van der Waals surface area contributed by atoms with Crippen molar-refractivity contribution in [1.82, 2.24) is 9.03 Å². The molecular formula is C21H26N2O5S2. The molecule has 30 heavy (non-hydrogen) atoms. The number of nitrogens with zero attached hydrogens (tertiary/aromatic N) is 1. The first-order valence-electron chi connectivity index (χ1n) is 9.97. The Labute approximate surface area is 178 Å². The summed E-state index contributed by atoms with van der Waals surface area (Å²) in [5, 5.41) is 0. The van der Waals surface area contributed by atoms with E-state index in [4.69, 9.17) is 4.74 Å². The third-order valence-corrected chi connectivity index (χ3v) is 8.63. The molecule has 9 heteroatoms. The summed E-state index contributed by atoms with van der Waals surface area (Å²) in [6.45, 7) is 1.97. The van der Waals surface area contributed by atoms with E-state index in [1.165, 1.54) is 18.4 Å². The molecule has 2 bridgehead atoms. The van der Waals surface area contributed by atoms with Gasteiger partial charge in [0.25, 0.3) is 0 Å². The average molecular weight is 451 g/mol. The van der Waals surface area contributed by atoms with E-state index in [1.54, 1.807) is 16.4 Å². The van der Waals surface area contributed by atoms with Crippen LogP contribution in [0, 0.1) is 6.92 Å². The van der Waals surface area contributed by atoms with Gasteiger partial charge in [0.15, 0.2) is 0 Å². The Hall–Kier alpha value is -1.94. The molecule has 0 aliphatic carbocycles. The topological polar surface area (TPSA) is 92.8 Å². The van der Waals surface area contributed by atoms with Crippen molar-refractivity contribution in [3.8, 4) is 11.5 Å². The zero-order valence-corrected chi connectivity index (χ0v) is 18.6. The number of sulfonamides is 2. The fourth-order valence-electron chi connectivity index (χ4n) is 4.56. The van der Waals surface area contributed by atoms with Gasteiger partial charge in [-0.2, -0.15) is 4.31 Å². The number of rotatable bonds is 6. The Morgan fingerprint density at radius 3 is 2.13 bits per heavy atom. The van der Waals surface area contributed by atoms with E-state index in [0.717, 1.165) is 18.4 Å². The zero-order valence-electron chi connectivity index (χ0n) is 17.0. The molecule has 0 spiro atoms. The van der Waals surface area contributed by atoms with Gasteiger partial charge in [-0.25, -0.2) is 21.6 Å². The van der Waals surface area contributed by atoms with Gasteiger partial charge in [-0.1, -0.05) is 12.1 Å². The lowest BCUT2D eigenvalue weighted by Crippen LogP contribution is -2.51. The molecule has 162 valence electrons. The molecule has 2 saturated heterocycles. The molecule has 2 aromatic carbocycles. The molecule has 2 aromatic rings. The third kappa shape index (κ3) is 4.54. The Kier molecular flexibility index (Phi) is 5.65. The quantitative estimate of drug-likeness (QED) is 0.730. The van der Waals surface area contributed by atoms with E-state index in [0.29, 0.717) is 24.3 Å². The SMILES string of the molecule is Cc1cccc(Oc2ccc(S(=O)(=O)NC3CC4CCC(C3)N4S(C)(=O)=O)cc2)c1. The maximum absolute atomic E-state index is 12.8. The van der Waals surface area contributed by atoms with Gasteiger partial charge in [-0.15, -0.1) is 0 Å². The zero-order chi connectivity index (χ0) is 21.5. The van der Waals surface area contributed by atoms with Crippen molar-refractivity contribution in [2.24, 2.45) is 0 Å². The van der Waals surface area contributed by atoms with E-state index in [-0.39, 0.29) is 23.0 Å². The minimum atomic E-state index is -3.70. The Morgan fingerprint density at radius 1 is 0.933 bits per heavy atom. The number of ether oxygens (including phenoxy) is 1. The number of fused-ring (bicyclic) bond motifs is 2. The minimum absolute atomic E-state index is 0.128. The van der Waals surface area contributed by atoms with Crippen LogP contribution in [0.25, 0.3) is 0 Å². The highest BCUT2D eigenvalue weighted by Gasteiger charge is 2.45. The molecule has 2 aliphatic heterocycles. The van der Waals surface area contributed by atoms with Gasteiger partial charge in [0.1, 0.15) is 11.5 Å². The van der Waals surface area contributed by atoms with Crippen LogP contribution in [0.2, 0.25) is 0 Å². The van der Waals surface area contributed by atoms with Crippen LogP contribution in [-0.4, -0.2) is 45.5 Å². The highest BCUT2D eigenvalue weighted by atomic mass is 32.2. The summed E-state index contributed by atoms with van der Waals surface area (Å²) in [4.78, 5) is 0.164. The summed E-state index contributed by atoms with van der Waals surface area (Å²) < 4.78 is 59.8. The van der Waals surface area contributed by atoms with Gasteiger partial charge in [-0.05, 0) is 74.6 Å². The van der Waals surface area contributed by atoms with Crippen molar-refractivity contribution < 1.29 is 21.6 Å². The summed E-state index contributed by atoms with van der Waals surface area (Å²) >= 11 is 0. The van der Waals surface area contributed by atoms with Crippen molar-refractivity contribution in [2.75, 3.05) is 6.26 Å². The van der Waals surface area contributed by atoms with Gasteiger partial charge in [0.2, 0.25) is 20.0 Å². The van der Waals surface area contributed by atoms with E-state index in [9.17, 15) is 16.8 Å². The summed E-state index contributed by atoms with van der Waals surface area (Å²) in [5.74, 6) is 1.25. The molecular weight excluding hydrogens is 424 g/mol. The fraction of sp³-hybridized carbons (Fsp3) is 0.429. The summed E-state index contributed by atoms with van der Waals surface area (Å²) in [6.07, 6.45) is 3.78. The smallest absolute Gasteiger partial charge is 0.240 e. The molecule has 2 fully saturated rings. The van der Waals surface area contributed by atoms with Crippen LogP contribution in [0.15, 0.2) is 53.4 Å². The first kappa shape index (κ1) is 21.3. The molecule has 2 unspecified atom stereocenters. The highest BCUT2D eigenvalue weighted by Crippen LogP contribution is 2.38. The van der Waals surface area contributed by atoms with E-state index in [2.05, 4.69) is 4.72 Å². The maximum Gasteiger partial charge on any atom is 0.240 e. The van der Waals surface area contributed by atoms with Gasteiger partial charge in [-0.3, -0.25) is 0 Å². The lowest BCUT2D eigenvalue weighted by Gasteiger charge is -2.37. The Bertz CT molecular complexity index is 1120. The normalized spacial score (nSPS) is 24.7. The second-order valence-electron chi connectivity index (χ2n) is 8.16. The van der Waals surface area contributed by atoms with E-state index >= 15 is 0 Å². The first-order valence-corrected chi connectivity index (χ1v) is 13.3. The molecule has 0 radical (unpaired) electrons. The van der Waals surface area contributed by atoms with Crippen LogP contribution in [0.3, 0.4) is 0 Å². The molecule has 4 rings (SSSR count). The van der Waals surface area contributed by atoms with Crippen LogP contribution in [0.4, 0.5) is 0 Å². The summed E-state index contributed by atoms with van der Waals surface area (Å²) in [5.41, 5.74) is 1.08. The lowest BCUT2D eigenvalue weighted by atomic mass is 10.0. The number of benzene rings is 2. The Balaban J connectivity index is 1.43. The number of hydrogen-bond donors (Lipinski definition) is 1. The molecule has 0 aromatic heterocycles. The van der Waals surface area contributed by atoms with E-state index < -0.39 is 20.0 Å². The second-order valence-corrected chi connectivity index (χ2v) is 11.8. The van der Waals surface area contributed by atoms with Crippen LogP contribution < -0.4 is 9.46 Å². The van der Waals surface area contributed by atoms with E-state index in [1.807, 2.05) is 31.2 Å². The van der Waals surface area contributed by atoms with Gasteiger partial charge < -0.3 is 4.74 Å². The van der Waals surface area contributed by atoms with Crippen LogP contribution >= 0.6 is 0 Å². The number of hydrogen-bond acceptors (Lipinski definition) is 5. The van der Waals surface area contributed by atoms with Crippen molar-refractivity contribution in [3.05, 3.63) is 54.1 Å². The molecule has 1 N–H and O–H groups in total. The molecule has 2 aliphatic rings. The third-order valence-electron chi connectivity index (χ3n) is 5.73. The van der Waals surface area contributed by atoms with Gasteiger partial charge in [0.05, 0.1) is 11.2 Å². The molecule has 7 nitrogen and oxygen atoms in total. The second kappa shape index (κ2) is 7.96. The van der Waals surface area contributed by atoms with Crippen LogP contribution in [0.1, 0.15) is 31.2 Å². The summed E-state index contributed by atoms with van der Waals surface area (Å²) in [6, 6.07) is 13.4.